The number of nitrogens with two attached hydrogens (primary N) is 1. The van der Waals surface area contributed by atoms with Crippen molar-refractivity contribution in [3.8, 4) is 0 Å². The Labute approximate surface area is 77.8 Å². The number of benzene rings is 1. The Morgan fingerprint density at radius 3 is 2.46 bits per heavy atom. The molecule has 4 nitrogen and oxygen atoms in total. The van der Waals surface area contributed by atoms with Gasteiger partial charge in [-0.15, -0.1) is 0 Å². The van der Waals surface area contributed by atoms with Crippen molar-refractivity contribution < 1.29 is 8.42 Å². The number of aryl methyl sites for hydroxylation is 1. The van der Waals surface area contributed by atoms with Gasteiger partial charge >= 0.3 is 0 Å². The summed E-state index contributed by atoms with van der Waals surface area (Å²) in [5, 5.41) is 0. The van der Waals surface area contributed by atoms with Crippen molar-refractivity contribution in [1.29, 1.82) is 0 Å². The van der Waals surface area contributed by atoms with Crippen LogP contribution in [0.5, 0.6) is 0 Å². The van der Waals surface area contributed by atoms with Gasteiger partial charge < -0.3 is 5.73 Å². The van der Waals surface area contributed by atoms with Crippen LogP contribution in [0.3, 0.4) is 0 Å². The van der Waals surface area contributed by atoms with Crippen LogP contribution in [0.4, 0.5) is 5.69 Å². The molecule has 72 valence electrons. The normalized spacial score (nSPS) is 11.5. The molecule has 5 heteroatoms. The van der Waals surface area contributed by atoms with E-state index in [9.17, 15) is 8.42 Å². The Morgan fingerprint density at radius 2 is 2.00 bits per heavy atom. The number of anilines is 1. The molecule has 3 N–H and O–H groups in total. The van der Waals surface area contributed by atoms with Crippen LogP contribution in [0, 0.1) is 6.92 Å². The third-order valence-corrected chi connectivity index (χ3v) is 3.23. The van der Waals surface area contributed by atoms with E-state index in [4.69, 9.17) is 5.73 Å². The summed E-state index contributed by atoms with van der Waals surface area (Å²) in [5.41, 5.74) is 6.91. The quantitative estimate of drug-likeness (QED) is 0.682. The Bertz CT molecular complexity index is 412. The van der Waals surface area contributed by atoms with Crippen molar-refractivity contribution in [1.82, 2.24) is 4.72 Å². The minimum Gasteiger partial charge on any atom is -0.399 e. The van der Waals surface area contributed by atoms with Crippen LogP contribution < -0.4 is 10.5 Å². The van der Waals surface area contributed by atoms with Crippen LogP contribution in [0.25, 0.3) is 0 Å². The Hall–Kier alpha value is -1.07. The molecule has 0 spiro atoms. The zero-order valence-electron chi connectivity index (χ0n) is 7.53. The molecule has 13 heavy (non-hydrogen) atoms. The van der Waals surface area contributed by atoms with Gasteiger partial charge in [0, 0.05) is 5.69 Å². The van der Waals surface area contributed by atoms with Crippen LogP contribution in [0.15, 0.2) is 23.1 Å². The van der Waals surface area contributed by atoms with Gasteiger partial charge in [0.15, 0.2) is 0 Å². The highest BCUT2D eigenvalue weighted by atomic mass is 32.2. The lowest BCUT2D eigenvalue weighted by Crippen LogP contribution is -2.18. The molecule has 0 saturated carbocycles. The van der Waals surface area contributed by atoms with E-state index >= 15 is 0 Å². The van der Waals surface area contributed by atoms with E-state index in [0.717, 1.165) is 5.56 Å². The van der Waals surface area contributed by atoms with Crippen molar-refractivity contribution in [3.05, 3.63) is 23.8 Å². The van der Waals surface area contributed by atoms with Crippen LogP contribution in [0.2, 0.25) is 0 Å². The van der Waals surface area contributed by atoms with E-state index in [1.54, 1.807) is 19.1 Å². The average molecular weight is 200 g/mol. The van der Waals surface area contributed by atoms with Gasteiger partial charge in [-0.25, -0.2) is 13.1 Å². The van der Waals surface area contributed by atoms with Gasteiger partial charge in [-0.2, -0.15) is 0 Å². The second-order valence-electron chi connectivity index (χ2n) is 2.73. The third kappa shape index (κ3) is 1.99. The summed E-state index contributed by atoms with van der Waals surface area (Å²) in [7, 11) is -1.97. The number of hydrogen-bond donors (Lipinski definition) is 2. The molecular formula is C8H12N2O2S. The minimum atomic E-state index is -3.34. The second kappa shape index (κ2) is 3.35. The SMILES string of the molecule is CNS(=O)(=O)c1ccc(N)c(C)c1. The fourth-order valence-electron chi connectivity index (χ4n) is 0.933. The average Bonchev–Trinajstić information content (AvgIpc) is 2.09. The van der Waals surface area contributed by atoms with Gasteiger partial charge in [0.05, 0.1) is 4.90 Å². The topological polar surface area (TPSA) is 72.2 Å². The molecule has 1 aromatic rings. The molecule has 0 heterocycles. The summed E-state index contributed by atoms with van der Waals surface area (Å²) in [5.74, 6) is 0. The first-order valence-corrected chi connectivity index (χ1v) is 5.25. The van der Waals surface area contributed by atoms with E-state index in [0.29, 0.717) is 5.69 Å². The molecule has 0 aliphatic heterocycles. The summed E-state index contributed by atoms with van der Waals surface area (Å²) < 4.78 is 24.9. The van der Waals surface area contributed by atoms with E-state index < -0.39 is 10.0 Å². The number of nitrogens with one attached hydrogen (secondary N) is 1. The molecule has 0 aliphatic carbocycles. The molecule has 1 rings (SSSR count). The Kier molecular flexibility index (Phi) is 2.58. The second-order valence-corrected chi connectivity index (χ2v) is 4.61. The van der Waals surface area contributed by atoms with Crippen molar-refractivity contribution in [2.75, 3.05) is 12.8 Å². The largest absolute Gasteiger partial charge is 0.399 e. The Morgan fingerprint density at radius 1 is 1.38 bits per heavy atom. The Balaban J connectivity index is 3.27. The lowest BCUT2D eigenvalue weighted by atomic mass is 10.2. The molecular weight excluding hydrogens is 188 g/mol. The molecule has 1 aromatic carbocycles. The summed E-state index contributed by atoms with van der Waals surface area (Å²) >= 11 is 0. The molecule has 0 atom stereocenters. The molecule has 0 amide bonds. The van der Waals surface area contributed by atoms with E-state index in [-0.39, 0.29) is 4.90 Å². The van der Waals surface area contributed by atoms with E-state index in [1.807, 2.05) is 0 Å². The van der Waals surface area contributed by atoms with E-state index in [1.165, 1.54) is 13.1 Å². The summed E-state index contributed by atoms with van der Waals surface area (Å²) in [6.07, 6.45) is 0. The van der Waals surface area contributed by atoms with Gasteiger partial charge in [0.25, 0.3) is 0 Å². The number of nitrogen functional groups attached to an aromatic ring is 1. The first-order valence-electron chi connectivity index (χ1n) is 3.77. The molecule has 0 aliphatic rings. The maximum atomic E-state index is 11.3. The number of hydrogen-bond acceptors (Lipinski definition) is 3. The van der Waals surface area contributed by atoms with Crippen molar-refractivity contribution in [2.24, 2.45) is 0 Å². The molecule has 0 radical (unpaired) electrons. The molecule has 0 aromatic heterocycles. The highest BCUT2D eigenvalue weighted by molar-refractivity contribution is 7.89. The number of rotatable bonds is 2. The summed E-state index contributed by atoms with van der Waals surface area (Å²) in [4.78, 5) is 0.238. The molecule has 0 bridgehead atoms. The summed E-state index contributed by atoms with van der Waals surface area (Å²) in [6.45, 7) is 1.77. The van der Waals surface area contributed by atoms with Crippen LogP contribution in [-0.4, -0.2) is 15.5 Å². The molecule has 0 fully saturated rings. The zero-order chi connectivity index (χ0) is 10.1. The van der Waals surface area contributed by atoms with Crippen LogP contribution in [0.1, 0.15) is 5.56 Å². The van der Waals surface area contributed by atoms with Gasteiger partial charge in [-0.05, 0) is 37.7 Å². The van der Waals surface area contributed by atoms with Gasteiger partial charge in [0.2, 0.25) is 10.0 Å². The van der Waals surface area contributed by atoms with Crippen molar-refractivity contribution in [3.63, 3.8) is 0 Å². The van der Waals surface area contributed by atoms with Gasteiger partial charge in [-0.1, -0.05) is 0 Å². The van der Waals surface area contributed by atoms with Gasteiger partial charge in [0.1, 0.15) is 0 Å². The summed E-state index contributed by atoms with van der Waals surface area (Å²) in [6, 6.07) is 4.61. The lowest BCUT2D eigenvalue weighted by molar-refractivity contribution is 0.588. The maximum Gasteiger partial charge on any atom is 0.240 e. The van der Waals surface area contributed by atoms with Crippen LogP contribution >= 0.6 is 0 Å². The predicted octanol–water partition coefficient (Wildman–Crippen LogP) is 0.485. The highest BCUT2D eigenvalue weighted by Crippen LogP contribution is 2.16. The monoisotopic (exact) mass is 200 g/mol. The number of sulfonamides is 1. The molecule has 0 unspecified atom stereocenters. The van der Waals surface area contributed by atoms with E-state index in [2.05, 4.69) is 4.72 Å². The maximum absolute atomic E-state index is 11.3. The third-order valence-electron chi connectivity index (χ3n) is 1.82. The van der Waals surface area contributed by atoms with Crippen molar-refractivity contribution in [2.45, 2.75) is 11.8 Å². The highest BCUT2D eigenvalue weighted by Gasteiger charge is 2.11. The first kappa shape index (κ1) is 10.0. The standard InChI is InChI=1S/C8H12N2O2S/c1-6-5-7(3-4-8(6)9)13(11,12)10-2/h3-5,10H,9H2,1-2H3. The fraction of sp³-hybridized carbons (Fsp3) is 0.250. The van der Waals surface area contributed by atoms with Crippen LogP contribution in [-0.2, 0) is 10.0 Å². The lowest BCUT2D eigenvalue weighted by Gasteiger charge is -2.04. The molecule has 0 saturated heterocycles. The van der Waals surface area contributed by atoms with Gasteiger partial charge in [-0.3, -0.25) is 0 Å². The first-order chi connectivity index (χ1) is 5.97. The fourth-order valence-corrected chi connectivity index (χ4v) is 1.75. The zero-order valence-corrected chi connectivity index (χ0v) is 8.35. The minimum absolute atomic E-state index is 0.238. The smallest absolute Gasteiger partial charge is 0.240 e. The van der Waals surface area contributed by atoms with Crippen molar-refractivity contribution >= 4 is 15.7 Å². The predicted molar refractivity (Wildman–Crippen MR) is 51.8 cm³/mol.